The standard InChI is InChI=1S/C21H20N2O3/c24-20-17-13-7-8-14-18(17)21(25)22(20)19(15-9-3-1-4-10-15)23(26)16-11-5-2-6-12-16/h2,5-8,11-15H,1,3-4,9-10H2/b23-19-. The molecular formula is C21H20N2O3. The Morgan fingerprint density at radius 2 is 1.38 bits per heavy atom. The first-order valence-corrected chi connectivity index (χ1v) is 9.05. The summed E-state index contributed by atoms with van der Waals surface area (Å²) in [5.74, 6) is -0.628. The van der Waals surface area contributed by atoms with E-state index in [4.69, 9.17) is 0 Å². The van der Waals surface area contributed by atoms with Crippen molar-refractivity contribution in [3.8, 4) is 0 Å². The van der Waals surface area contributed by atoms with Crippen LogP contribution in [0, 0.1) is 11.1 Å². The molecule has 1 fully saturated rings. The highest BCUT2D eigenvalue weighted by Crippen LogP contribution is 2.32. The lowest BCUT2D eigenvalue weighted by Crippen LogP contribution is -2.44. The summed E-state index contributed by atoms with van der Waals surface area (Å²) >= 11 is 0. The number of amidine groups is 1. The van der Waals surface area contributed by atoms with Gasteiger partial charge in [-0.1, -0.05) is 49.6 Å². The first-order valence-electron chi connectivity index (χ1n) is 9.05. The highest BCUT2D eigenvalue weighted by atomic mass is 16.5. The van der Waals surface area contributed by atoms with Crippen LogP contribution >= 0.6 is 0 Å². The monoisotopic (exact) mass is 348 g/mol. The summed E-state index contributed by atoms with van der Waals surface area (Å²) in [5, 5.41) is 13.2. The highest BCUT2D eigenvalue weighted by molar-refractivity contribution is 6.29. The average Bonchev–Trinajstić information content (AvgIpc) is 2.95. The quantitative estimate of drug-likeness (QED) is 0.205. The molecule has 0 unspecified atom stereocenters. The summed E-state index contributed by atoms with van der Waals surface area (Å²) in [7, 11) is 0. The van der Waals surface area contributed by atoms with Crippen molar-refractivity contribution in [2.45, 2.75) is 32.1 Å². The zero-order valence-electron chi connectivity index (χ0n) is 14.4. The molecule has 0 N–H and O–H groups in total. The first kappa shape index (κ1) is 16.5. The normalized spacial score (nSPS) is 18.7. The van der Waals surface area contributed by atoms with E-state index in [1.165, 1.54) is 0 Å². The lowest BCUT2D eigenvalue weighted by atomic mass is 9.87. The summed E-state index contributed by atoms with van der Waals surface area (Å²) in [6.07, 6.45) is 4.75. The van der Waals surface area contributed by atoms with Gasteiger partial charge in [0.15, 0.2) is 0 Å². The Kier molecular flexibility index (Phi) is 4.29. The third kappa shape index (κ3) is 2.69. The molecule has 0 atom stereocenters. The Labute approximate surface area is 152 Å². The van der Waals surface area contributed by atoms with Crippen molar-refractivity contribution in [1.29, 1.82) is 0 Å². The SMILES string of the molecule is O=C1c2ccccc2C(=O)N1/C(C1CCCCC1)=[N+](\[O-])c1ccccc1. The van der Waals surface area contributed by atoms with E-state index in [1.54, 1.807) is 48.5 Å². The summed E-state index contributed by atoms with van der Waals surface area (Å²) in [6, 6.07) is 15.6. The zero-order valence-corrected chi connectivity index (χ0v) is 14.4. The third-order valence-corrected chi connectivity index (χ3v) is 5.19. The van der Waals surface area contributed by atoms with Gasteiger partial charge >= 0.3 is 11.8 Å². The largest absolute Gasteiger partial charge is 0.710 e. The number of hydrogen-bond donors (Lipinski definition) is 0. The predicted octanol–water partition coefficient (Wildman–Crippen LogP) is 4.10. The maximum absolute atomic E-state index is 13.2. The molecule has 0 aromatic heterocycles. The van der Waals surface area contributed by atoms with Gasteiger partial charge in [0.2, 0.25) is 0 Å². The molecule has 0 radical (unpaired) electrons. The third-order valence-electron chi connectivity index (χ3n) is 5.19. The van der Waals surface area contributed by atoms with Gasteiger partial charge in [0, 0.05) is 0 Å². The fourth-order valence-electron chi connectivity index (χ4n) is 3.89. The predicted molar refractivity (Wildman–Crippen MR) is 98.3 cm³/mol. The molecule has 26 heavy (non-hydrogen) atoms. The number of amides is 2. The number of nitrogens with zero attached hydrogens (tertiary/aromatic N) is 2. The molecule has 1 aliphatic heterocycles. The van der Waals surface area contributed by atoms with Crippen LogP contribution in [-0.4, -0.2) is 27.3 Å². The van der Waals surface area contributed by atoms with Crippen molar-refractivity contribution < 1.29 is 14.3 Å². The number of carbonyl (C=O) groups is 2. The van der Waals surface area contributed by atoms with Crippen molar-refractivity contribution >= 4 is 23.3 Å². The van der Waals surface area contributed by atoms with Crippen molar-refractivity contribution in [2.75, 3.05) is 0 Å². The number of carbonyl (C=O) groups excluding carboxylic acids is 2. The van der Waals surface area contributed by atoms with E-state index in [0.29, 0.717) is 16.8 Å². The molecular weight excluding hydrogens is 328 g/mol. The molecule has 2 amide bonds. The number of benzene rings is 2. The second-order valence-electron chi connectivity index (χ2n) is 6.81. The molecule has 0 bridgehead atoms. The van der Waals surface area contributed by atoms with Gasteiger partial charge in [-0.25, -0.2) is 14.3 Å². The topological polar surface area (TPSA) is 63.5 Å². The van der Waals surface area contributed by atoms with Crippen LogP contribution in [0.5, 0.6) is 0 Å². The summed E-state index contributed by atoms with van der Waals surface area (Å²) in [4.78, 5) is 27.0. The van der Waals surface area contributed by atoms with Gasteiger partial charge in [0.25, 0.3) is 5.84 Å². The highest BCUT2D eigenvalue weighted by Gasteiger charge is 2.48. The minimum Gasteiger partial charge on any atom is -0.710 e. The Balaban J connectivity index is 1.84. The molecule has 5 heteroatoms. The number of hydrogen-bond acceptors (Lipinski definition) is 3. The average molecular weight is 348 g/mol. The molecule has 2 aromatic carbocycles. The van der Waals surface area contributed by atoms with Gasteiger partial charge < -0.3 is 5.21 Å². The van der Waals surface area contributed by atoms with Crippen LogP contribution in [0.4, 0.5) is 5.69 Å². The van der Waals surface area contributed by atoms with Crippen molar-refractivity contribution in [3.63, 3.8) is 0 Å². The Bertz CT molecular complexity index is 848. The Hall–Kier alpha value is -2.95. The molecule has 1 heterocycles. The van der Waals surface area contributed by atoms with Crippen LogP contribution in [0.2, 0.25) is 0 Å². The minimum absolute atomic E-state index is 0.0938. The first-order chi connectivity index (χ1) is 12.7. The van der Waals surface area contributed by atoms with Crippen LogP contribution in [0.25, 0.3) is 0 Å². The molecule has 2 aromatic rings. The maximum Gasteiger partial charge on any atom is 0.349 e. The van der Waals surface area contributed by atoms with E-state index in [0.717, 1.165) is 41.7 Å². The van der Waals surface area contributed by atoms with Crippen LogP contribution in [0.3, 0.4) is 0 Å². The Morgan fingerprint density at radius 1 is 0.846 bits per heavy atom. The van der Waals surface area contributed by atoms with Crippen LogP contribution in [0.15, 0.2) is 54.6 Å². The molecule has 2 aliphatic rings. The Morgan fingerprint density at radius 3 is 1.96 bits per heavy atom. The van der Waals surface area contributed by atoms with Gasteiger partial charge in [-0.05, 0) is 37.1 Å². The van der Waals surface area contributed by atoms with Crippen LogP contribution in [-0.2, 0) is 0 Å². The zero-order chi connectivity index (χ0) is 18.1. The van der Waals surface area contributed by atoms with Crippen LogP contribution in [0.1, 0.15) is 52.8 Å². The molecule has 1 aliphatic carbocycles. The van der Waals surface area contributed by atoms with E-state index in [9.17, 15) is 14.8 Å². The maximum atomic E-state index is 13.2. The van der Waals surface area contributed by atoms with Gasteiger partial charge in [-0.3, -0.25) is 0 Å². The molecule has 0 spiro atoms. The molecule has 4 rings (SSSR count). The van der Waals surface area contributed by atoms with Crippen LogP contribution < -0.4 is 0 Å². The molecule has 0 saturated heterocycles. The van der Waals surface area contributed by atoms with Gasteiger partial charge in [0.1, 0.15) is 5.69 Å². The van der Waals surface area contributed by atoms with E-state index in [1.807, 2.05) is 6.07 Å². The van der Waals surface area contributed by atoms with Crippen molar-refractivity contribution in [1.82, 2.24) is 4.90 Å². The molecule has 1 saturated carbocycles. The van der Waals surface area contributed by atoms with E-state index >= 15 is 0 Å². The van der Waals surface area contributed by atoms with E-state index in [2.05, 4.69) is 0 Å². The van der Waals surface area contributed by atoms with Gasteiger partial charge in [-0.15, -0.1) is 4.90 Å². The number of imide groups is 1. The fraction of sp³-hybridized carbons (Fsp3) is 0.286. The van der Waals surface area contributed by atoms with E-state index < -0.39 is 11.8 Å². The summed E-state index contributed by atoms with van der Waals surface area (Å²) in [5.41, 5.74) is 1.17. The fourth-order valence-corrected chi connectivity index (χ4v) is 3.89. The number of para-hydroxylation sites is 1. The second-order valence-corrected chi connectivity index (χ2v) is 6.81. The van der Waals surface area contributed by atoms with E-state index in [-0.39, 0.29) is 11.8 Å². The van der Waals surface area contributed by atoms with Crippen molar-refractivity contribution in [2.24, 2.45) is 5.92 Å². The lowest BCUT2D eigenvalue weighted by Gasteiger charge is -2.27. The van der Waals surface area contributed by atoms with Gasteiger partial charge in [-0.2, -0.15) is 0 Å². The summed E-state index contributed by atoms with van der Waals surface area (Å²) in [6.45, 7) is 0. The minimum atomic E-state index is -0.400. The number of fused-ring (bicyclic) bond motifs is 1. The molecule has 132 valence electrons. The number of rotatable bonds is 2. The second kappa shape index (κ2) is 6.75. The molecule has 5 nitrogen and oxygen atoms in total. The smallest absolute Gasteiger partial charge is 0.349 e. The summed E-state index contributed by atoms with van der Waals surface area (Å²) < 4.78 is 0.775. The lowest BCUT2D eigenvalue weighted by molar-refractivity contribution is -0.369. The van der Waals surface area contributed by atoms with Crippen molar-refractivity contribution in [3.05, 3.63) is 70.9 Å². The van der Waals surface area contributed by atoms with Gasteiger partial charge in [0.05, 0.1) is 17.0 Å².